The molecular weight excluding hydrogens is 329 g/mol. The van der Waals surface area contributed by atoms with Gasteiger partial charge in [0.25, 0.3) is 0 Å². The topological polar surface area (TPSA) is 23.8 Å². The van der Waals surface area contributed by atoms with Crippen LogP contribution in [0.5, 0.6) is 0 Å². The Morgan fingerprint density at radius 2 is 1.58 bits per heavy atom. The molecule has 0 aromatic heterocycles. The van der Waals surface area contributed by atoms with Gasteiger partial charge in [0.15, 0.2) is 0 Å². The van der Waals surface area contributed by atoms with Crippen LogP contribution in [0.2, 0.25) is 10.0 Å². The van der Waals surface area contributed by atoms with Gasteiger partial charge in [-0.1, -0.05) is 23.2 Å². The third-order valence-corrected chi connectivity index (χ3v) is 3.92. The van der Waals surface area contributed by atoms with E-state index in [-0.39, 0.29) is 0 Å². The number of benzene rings is 1. The molecule has 0 aliphatic rings. The molecule has 1 nitrogen and oxygen atoms in total. The van der Waals surface area contributed by atoms with E-state index in [0.29, 0.717) is 24.6 Å². The van der Waals surface area contributed by atoms with Crippen molar-refractivity contribution in [1.82, 2.24) is 0 Å². The molecule has 62 valence electrons. The third-order valence-electron chi connectivity index (χ3n) is 1.22. The van der Waals surface area contributed by atoms with Crippen LogP contribution < -0.4 is 0 Å². The summed E-state index contributed by atoms with van der Waals surface area (Å²) in [6.45, 7) is 0. The Labute approximate surface area is 96.5 Å². The van der Waals surface area contributed by atoms with Crippen LogP contribution in [-0.2, 0) is 0 Å². The van der Waals surface area contributed by atoms with E-state index >= 15 is 0 Å². The van der Waals surface area contributed by atoms with Crippen LogP contribution in [0.1, 0.15) is 5.56 Å². The van der Waals surface area contributed by atoms with E-state index in [1.165, 1.54) is 0 Å². The SMILES string of the molecule is N#Cc1c(Br)c(Cl)cc(Cl)c1Br. The van der Waals surface area contributed by atoms with Crippen LogP contribution in [0.25, 0.3) is 0 Å². The molecule has 0 spiro atoms. The molecule has 0 fully saturated rings. The standard InChI is InChI=1S/C7HBr2Cl2N/c8-6-3(2-12)7(9)5(11)1-4(6)10/h1H. The van der Waals surface area contributed by atoms with Gasteiger partial charge in [0.1, 0.15) is 6.07 Å². The number of hydrogen-bond donors (Lipinski definition) is 0. The van der Waals surface area contributed by atoms with Gasteiger partial charge in [-0.25, -0.2) is 0 Å². The Balaban J connectivity index is 3.56. The van der Waals surface area contributed by atoms with E-state index in [1.807, 2.05) is 6.07 Å². The van der Waals surface area contributed by atoms with Crippen LogP contribution in [0, 0.1) is 11.3 Å². The van der Waals surface area contributed by atoms with Gasteiger partial charge < -0.3 is 0 Å². The van der Waals surface area contributed by atoms with Crippen LogP contribution in [0.3, 0.4) is 0 Å². The van der Waals surface area contributed by atoms with Crippen molar-refractivity contribution in [2.45, 2.75) is 0 Å². The first-order valence-corrected chi connectivity index (χ1v) is 5.15. The fourth-order valence-corrected chi connectivity index (χ4v) is 2.20. The van der Waals surface area contributed by atoms with Crippen molar-refractivity contribution < 1.29 is 0 Å². The zero-order chi connectivity index (χ0) is 9.30. The van der Waals surface area contributed by atoms with Gasteiger partial charge in [0.05, 0.1) is 24.6 Å². The van der Waals surface area contributed by atoms with Crippen molar-refractivity contribution in [3.05, 3.63) is 30.6 Å². The van der Waals surface area contributed by atoms with Gasteiger partial charge in [-0.2, -0.15) is 5.26 Å². The average Bonchev–Trinajstić information content (AvgIpc) is 2.02. The van der Waals surface area contributed by atoms with Crippen molar-refractivity contribution in [2.24, 2.45) is 0 Å². The normalized spacial score (nSPS) is 9.58. The lowest BCUT2D eigenvalue weighted by Gasteiger charge is -2.02. The minimum Gasteiger partial charge on any atom is -0.192 e. The molecule has 12 heavy (non-hydrogen) atoms. The largest absolute Gasteiger partial charge is 0.192 e. The van der Waals surface area contributed by atoms with E-state index in [4.69, 9.17) is 28.5 Å². The van der Waals surface area contributed by atoms with Gasteiger partial charge in [0, 0.05) is 0 Å². The second kappa shape index (κ2) is 3.97. The lowest BCUT2D eigenvalue weighted by atomic mass is 10.2. The van der Waals surface area contributed by atoms with Gasteiger partial charge in [0.2, 0.25) is 0 Å². The van der Waals surface area contributed by atoms with Crippen LogP contribution >= 0.6 is 55.1 Å². The van der Waals surface area contributed by atoms with E-state index in [2.05, 4.69) is 31.9 Å². The minimum atomic E-state index is 0.410. The quantitative estimate of drug-likeness (QED) is 0.648. The van der Waals surface area contributed by atoms with E-state index in [0.717, 1.165) is 0 Å². The molecular formula is C7HBr2Cl2N. The summed E-state index contributed by atoms with van der Waals surface area (Å²) in [6.07, 6.45) is 0. The molecule has 0 heterocycles. The first kappa shape index (κ1) is 10.3. The second-order valence-corrected chi connectivity index (χ2v) is 4.36. The fraction of sp³-hybridized carbons (Fsp3) is 0. The predicted octanol–water partition coefficient (Wildman–Crippen LogP) is 4.39. The Hall–Kier alpha value is 0.250. The maximum atomic E-state index is 8.72. The molecule has 1 aromatic rings. The highest BCUT2D eigenvalue weighted by atomic mass is 79.9. The third kappa shape index (κ3) is 1.77. The predicted molar refractivity (Wildman–Crippen MR) is 56.6 cm³/mol. The summed E-state index contributed by atoms with van der Waals surface area (Å²) in [5.41, 5.74) is 0.410. The van der Waals surface area contributed by atoms with Crippen LogP contribution in [0.15, 0.2) is 15.0 Å². The summed E-state index contributed by atoms with van der Waals surface area (Å²) < 4.78 is 1.12. The second-order valence-electron chi connectivity index (χ2n) is 1.95. The number of halogens is 4. The molecule has 1 aromatic carbocycles. The summed E-state index contributed by atoms with van der Waals surface area (Å²) in [4.78, 5) is 0. The fourth-order valence-electron chi connectivity index (χ4n) is 0.671. The van der Waals surface area contributed by atoms with Crippen molar-refractivity contribution >= 4 is 55.1 Å². The summed E-state index contributed by atoms with van der Waals surface area (Å²) in [6, 6.07) is 3.55. The highest BCUT2D eigenvalue weighted by molar-refractivity contribution is 9.11. The molecule has 0 atom stereocenters. The molecule has 0 saturated carbocycles. The Morgan fingerprint density at radius 1 is 1.17 bits per heavy atom. The van der Waals surface area contributed by atoms with E-state index < -0.39 is 0 Å². The molecule has 0 amide bonds. The minimum absolute atomic E-state index is 0.410. The number of nitrogens with zero attached hydrogens (tertiary/aromatic N) is 1. The first-order chi connectivity index (χ1) is 5.57. The number of hydrogen-bond acceptors (Lipinski definition) is 1. The number of rotatable bonds is 0. The Morgan fingerprint density at radius 3 is 1.92 bits per heavy atom. The van der Waals surface area contributed by atoms with Crippen molar-refractivity contribution in [1.29, 1.82) is 5.26 Å². The van der Waals surface area contributed by atoms with Gasteiger partial charge in [-0.15, -0.1) is 0 Å². The monoisotopic (exact) mass is 327 g/mol. The lowest BCUT2D eigenvalue weighted by molar-refractivity contribution is 1.44. The van der Waals surface area contributed by atoms with E-state index in [1.54, 1.807) is 6.07 Å². The average molecular weight is 330 g/mol. The summed E-state index contributed by atoms with van der Waals surface area (Å²) >= 11 is 17.9. The van der Waals surface area contributed by atoms with Crippen LogP contribution in [-0.4, -0.2) is 0 Å². The highest BCUT2D eigenvalue weighted by Crippen LogP contribution is 2.36. The highest BCUT2D eigenvalue weighted by Gasteiger charge is 2.11. The number of nitriles is 1. The van der Waals surface area contributed by atoms with Crippen molar-refractivity contribution in [2.75, 3.05) is 0 Å². The smallest absolute Gasteiger partial charge is 0.102 e. The molecule has 0 unspecified atom stereocenters. The maximum absolute atomic E-state index is 8.72. The maximum Gasteiger partial charge on any atom is 0.102 e. The molecule has 0 saturated heterocycles. The summed E-state index contributed by atoms with van der Waals surface area (Å²) in [5.74, 6) is 0. The van der Waals surface area contributed by atoms with Gasteiger partial charge >= 0.3 is 0 Å². The first-order valence-electron chi connectivity index (χ1n) is 2.81. The Kier molecular flexibility index (Phi) is 3.42. The molecule has 0 aliphatic carbocycles. The molecule has 0 N–H and O–H groups in total. The molecule has 0 radical (unpaired) electrons. The Bertz CT molecular complexity index is 344. The zero-order valence-electron chi connectivity index (χ0n) is 5.54. The van der Waals surface area contributed by atoms with Crippen molar-refractivity contribution in [3.8, 4) is 6.07 Å². The van der Waals surface area contributed by atoms with Gasteiger partial charge in [-0.05, 0) is 37.9 Å². The summed E-state index contributed by atoms with van der Waals surface area (Å²) in [7, 11) is 0. The molecule has 5 heteroatoms. The van der Waals surface area contributed by atoms with Crippen LogP contribution in [0.4, 0.5) is 0 Å². The van der Waals surface area contributed by atoms with Crippen molar-refractivity contribution in [3.63, 3.8) is 0 Å². The van der Waals surface area contributed by atoms with E-state index in [9.17, 15) is 0 Å². The van der Waals surface area contributed by atoms with Gasteiger partial charge in [-0.3, -0.25) is 0 Å². The summed E-state index contributed by atoms with van der Waals surface area (Å²) in [5, 5.41) is 9.58. The zero-order valence-corrected chi connectivity index (χ0v) is 10.2. The lowest BCUT2D eigenvalue weighted by Crippen LogP contribution is -1.82. The molecule has 0 aliphatic heterocycles. The molecule has 1 rings (SSSR count). The molecule has 0 bridgehead atoms.